The van der Waals surface area contributed by atoms with Gasteiger partial charge in [0.05, 0.1) is 28.2 Å². The minimum absolute atomic E-state index is 0.113. The lowest BCUT2D eigenvalue weighted by molar-refractivity contribution is -0.120. The fraction of sp³-hybridized carbons (Fsp3) is 0.100. The lowest BCUT2D eigenvalue weighted by atomic mass is 10.0. The van der Waals surface area contributed by atoms with Gasteiger partial charge in [-0.15, -0.1) is 0 Å². The monoisotopic (exact) mass is 370 g/mol. The molecule has 0 aliphatic heterocycles. The van der Waals surface area contributed by atoms with Gasteiger partial charge in [-0.05, 0) is 35.4 Å². The number of carbonyl (C=O) groups is 1. The van der Waals surface area contributed by atoms with Crippen LogP contribution in [0.1, 0.15) is 22.9 Å². The van der Waals surface area contributed by atoms with Crippen LogP contribution >= 0.6 is 23.2 Å². The highest BCUT2D eigenvalue weighted by molar-refractivity contribution is 6.42. The quantitative estimate of drug-likeness (QED) is 0.698. The van der Waals surface area contributed by atoms with E-state index in [0.29, 0.717) is 10.0 Å². The van der Waals surface area contributed by atoms with Crippen LogP contribution < -0.4 is 5.32 Å². The number of hydrogen-bond donors (Lipinski definition) is 1. The van der Waals surface area contributed by atoms with Gasteiger partial charge in [-0.25, -0.2) is 0 Å². The molecule has 0 aliphatic carbocycles. The fourth-order valence-corrected chi connectivity index (χ4v) is 2.89. The summed E-state index contributed by atoms with van der Waals surface area (Å²) in [5, 5.41) is 3.97. The van der Waals surface area contributed by atoms with Crippen molar-refractivity contribution in [1.82, 2.24) is 10.3 Å². The second-order valence-electron chi connectivity index (χ2n) is 5.59. The summed E-state index contributed by atoms with van der Waals surface area (Å²) in [6, 6.07) is 20.3. The average Bonchev–Trinajstić information content (AvgIpc) is 2.64. The van der Waals surface area contributed by atoms with Crippen molar-refractivity contribution in [3.05, 3.63) is 99.8 Å². The van der Waals surface area contributed by atoms with Gasteiger partial charge in [0, 0.05) is 6.20 Å². The Morgan fingerprint density at radius 1 is 0.960 bits per heavy atom. The lowest BCUT2D eigenvalue weighted by Gasteiger charge is -2.19. The van der Waals surface area contributed by atoms with E-state index < -0.39 is 0 Å². The second-order valence-corrected chi connectivity index (χ2v) is 6.41. The molecule has 1 heterocycles. The van der Waals surface area contributed by atoms with Crippen LogP contribution in [-0.4, -0.2) is 10.9 Å². The van der Waals surface area contributed by atoms with Gasteiger partial charge in [-0.2, -0.15) is 0 Å². The number of nitrogens with zero attached hydrogens (tertiary/aromatic N) is 1. The summed E-state index contributed by atoms with van der Waals surface area (Å²) in [4.78, 5) is 16.9. The standard InChI is InChI=1S/C20H16Cl2N2O/c21-16-10-9-14(12-17(16)22)13-19(25)24-20(15-6-2-1-3-7-15)18-8-4-5-11-23-18/h1-12,20H,13H2,(H,24,25). The maximum Gasteiger partial charge on any atom is 0.225 e. The Bertz CT molecular complexity index is 815. The van der Waals surface area contributed by atoms with Gasteiger partial charge in [0.15, 0.2) is 0 Å². The molecular formula is C20H16Cl2N2O. The van der Waals surface area contributed by atoms with Crippen LogP contribution in [0.3, 0.4) is 0 Å². The summed E-state index contributed by atoms with van der Waals surface area (Å²) in [5.74, 6) is -0.113. The summed E-state index contributed by atoms with van der Waals surface area (Å²) in [7, 11) is 0. The smallest absolute Gasteiger partial charge is 0.225 e. The maximum absolute atomic E-state index is 12.6. The first-order valence-corrected chi connectivity index (χ1v) is 8.58. The number of halogens is 2. The van der Waals surface area contributed by atoms with Crippen LogP contribution in [-0.2, 0) is 11.2 Å². The molecule has 126 valence electrons. The van der Waals surface area contributed by atoms with E-state index in [1.165, 1.54) is 0 Å². The van der Waals surface area contributed by atoms with Gasteiger partial charge in [0.25, 0.3) is 0 Å². The zero-order valence-corrected chi connectivity index (χ0v) is 14.8. The van der Waals surface area contributed by atoms with Crippen LogP contribution in [0.5, 0.6) is 0 Å². The molecule has 5 heteroatoms. The van der Waals surface area contributed by atoms with E-state index in [0.717, 1.165) is 16.8 Å². The number of amides is 1. The van der Waals surface area contributed by atoms with Crippen LogP contribution in [0.15, 0.2) is 72.9 Å². The lowest BCUT2D eigenvalue weighted by Crippen LogP contribution is -2.31. The topological polar surface area (TPSA) is 42.0 Å². The number of carbonyl (C=O) groups excluding carboxylic acids is 1. The third kappa shape index (κ3) is 4.59. The molecular weight excluding hydrogens is 355 g/mol. The highest BCUT2D eigenvalue weighted by Crippen LogP contribution is 2.23. The van der Waals surface area contributed by atoms with Crippen molar-refractivity contribution in [3.8, 4) is 0 Å². The number of hydrogen-bond acceptors (Lipinski definition) is 2. The van der Waals surface area contributed by atoms with E-state index in [9.17, 15) is 4.79 Å². The molecule has 0 saturated carbocycles. The van der Waals surface area contributed by atoms with Crippen molar-refractivity contribution in [3.63, 3.8) is 0 Å². The largest absolute Gasteiger partial charge is 0.343 e. The Hall–Kier alpha value is -2.36. The van der Waals surface area contributed by atoms with Crippen molar-refractivity contribution in [1.29, 1.82) is 0 Å². The van der Waals surface area contributed by atoms with Crippen molar-refractivity contribution >= 4 is 29.1 Å². The molecule has 2 aromatic carbocycles. The van der Waals surface area contributed by atoms with Crippen LogP contribution in [0.4, 0.5) is 0 Å². The highest BCUT2D eigenvalue weighted by atomic mass is 35.5. The van der Waals surface area contributed by atoms with E-state index in [2.05, 4.69) is 10.3 Å². The maximum atomic E-state index is 12.6. The van der Waals surface area contributed by atoms with Crippen molar-refractivity contribution in [2.75, 3.05) is 0 Å². The van der Waals surface area contributed by atoms with Crippen LogP contribution in [0.25, 0.3) is 0 Å². The molecule has 3 nitrogen and oxygen atoms in total. The molecule has 25 heavy (non-hydrogen) atoms. The van der Waals surface area contributed by atoms with Gasteiger partial charge < -0.3 is 5.32 Å². The van der Waals surface area contributed by atoms with Crippen molar-refractivity contribution in [2.45, 2.75) is 12.5 Å². The fourth-order valence-electron chi connectivity index (χ4n) is 2.57. The van der Waals surface area contributed by atoms with Gasteiger partial charge in [0.1, 0.15) is 0 Å². The highest BCUT2D eigenvalue weighted by Gasteiger charge is 2.18. The summed E-state index contributed by atoms with van der Waals surface area (Å²) in [6.07, 6.45) is 1.93. The Labute approximate surface area is 156 Å². The molecule has 3 aromatic rings. The molecule has 0 bridgehead atoms. The van der Waals surface area contributed by atoms with Crippen LogP contribution in [0.2, 0.25) is 10.0 Å². The molecule has 1 N–H and O–H groups in total. The predicted molar refractivity (Wildman–Crippen MR) is 101 cm³/mol. The van der Waals surface area contributed by atoms with E-state index in [4.69, 9.17) is 23.2 Å². The van der Waals surface area contributed by atoms with Gasteiger partial charge in [0.2, 0.25) is 5.91 Å². The first kappa shape index (κ1) is 17.5. The first-order valence-electron chi connectivity index (χ1n) is 7.82. The molecule has 1 atom stereocenters. The third-order valence-corrected chi connectivity index (χ3v) is 4.51. The molecule has 3 rings (SSSR count). The van der Waals surface area contributed by atoms with E-state index in [1.807, 2.05) is 48.5 Å². The molecule has 0 aliphatic rings. The minimum atomic E-state index is -0.308. The molecule has 0 radical (unpaired) electrons. The summed E-state index contributed by atoms with van der Waals surface area (Å²) >= 11 is 11.9. The van der Waals surface area contributed by atoms with Gasteiger partial charge in [-0.3, -0.25) is 9.78 Å². The Morgan fingerprint density at radius 3 is 2.40 bits per heavy atom. The number of rotatable bonds is 5. The molecule has 0 saturated heterocycles. The second kappa shape index (κ2) is 8.15. The third-order valence-electron chi connectivity index (χ3n) is 3.77. The summed E-state index contributed by atoms with van der Waals surface area (Å²) in [6.45, 7) is 0. The number of pyridine rings is 1. The number of benzene rings is 2. The molecule has 0 fully saturated rings. The number of nitrogens with one attached hydrogen (secondary N) is 1. The van der Waals surface area contributed by atoms with Crippen molar-refractivity contribution < 1.29 is 4.79 Å². The van der Waals surface area contributed by atoms with Gasteiger partial charge in [-0.1, -0.05) is 65.7 Å². The molecule has 0 spiro atoms. The normalized spacial score (nSPS) is 11.8. The average molecular weight is 371 g/mol. The minimum Gasteiger partial charge on any atom is -0.343 e. The zero-order chi connectivity index (χ0) is 17.6. The summed E-state index contributed by atoms with van der Waals surface area (Å²) < 4.78 is 0. The Morgan fingerprint density at radius 2 is 1.72 bits per heavy atom. The zero-order valence-electron chi connectivity index (χ0n) is 13.3. The first-order chi connectivity index (χ1) is 12.1. The van der Waals surface area contributed by atoms with E-state index in [1.54, 1.807) is 24.4 Å². The van der Waals surface area contributed by atoms with Crippen LogP contribution in [0, 0.1) is 0 Å². The Balaban J connectivity index is 1.80. The molecule has 1 unspecified atom stereocenters. The summed E-state index contributed by atoms with van der Waals surface area (Å²) in [5.41, 5.74) is 2.57. The van der Waals surface area contributed by atoms with Crippen molar-refractivity contribution in [2.24, 2.45) is 0 Å². The molecule has 1 aromatic heterocycles. The molecule has 1 amide bonds. The predicted octanol–water partition coefficient (Wildman–Crippen LogP) is 4.84. The SMILES string of the molecule is O=C(Cc1ccc(Cl)c(Cl)c1)NC(c1ccccc1)c1ccccn1. The van der Waals surface area contributed by atoms with E-state index in [-0.39, 0.29) is 18.4 Å². The van der Waals surface area contributed by atoms with Gasteiger partial charge >= 0.3 is 0 Å². The number of aromatic nitrogens is 1. The Kier molecular flexibility index (Phi) is 5.69. The van der Waals surface area contributed by atoms with E-state index >= 15 is 0 Å².